The normalized spacial score (nSPS) is 20.4. The predicted octanol–water partition coefficient (Wildman–Crippen LogP) is 3.05. The molecule has 0 bridgehead atoms. The molecule has 0 spiro atoms. The predicted molar refractivity (Wildman–Crippen MR) is 74.6 cm³/mol. The standard InChI is InChI=1S/C15H26N2O/c1-12(2)11-17-8-6-14(7-9-17)16-13(3)15-5-4-10-18-15/h4-5,10,12-14,16H,6-9,11H2,1-3H3/t13-/m1/s1. The van der Waals surface area contributed by atoms with Crippen molar-refractivity contribution in [2.45, 2.75) is 45.7 Å². The van der Waals surface area contributed by atoms with E-state index in [-0.39, 0.29) is 0 Å². The summed E-state index contributed by atoms with van der Waals surface area (Å²) in [7, 11) is 0. The summed E-state index contributed by atoms with van der Waals surface area (Å²) in [6, 6.07) is 4.96. The first-order valence-corrected chi connectivity index (χ1v) is 7.17. The van der Waals surface area contributed by atoms with Gasteiger partial charge in [0.05, 0.1) is 12.3 Å². The van der Waals surface area contributed by atoms with E-state index in [2.05, 4.69) is 31.0 Å². The van der Waals surface area contributed by atoms with Gasteiger partial charge in [-0.05, 0) is 50.9 Å². The molecule has 0 saturated carbocycles. The number of furan rings is 1. The van der Waals surface area contributed by atoms with Gasteiger partial charge in [-0.25, -0.2) is 0 Å². The molecular formula is C15H26N2O. The summed E-state index contributed by atoms with van der Waals surface area (Å²) in [4.78, 5) is 2.58. The second-order valence-electron chi connectivity index (χ2n) is 5.87. The zero-order valence-electron chi connectivity index (χ0n) is 11.9. The molecule has 0 amide bonds. The Hall–Kier alpha value is -0.800. The van der Waals surface area contributed by atoms with Gasteiger partial charge < -0.3 is 14.6 Å². The fraction of sp³-hybridized carbons (Fsp3) is 0.733. The molecule has 0 radical (unpaired) electrons. The van der Waals surface area contributed by atoms with E-state index in [1.165, 1.54) is 32.5 Å². The first-order chi connectivity index (χ1) is 8.65. The quantitative estimate of drug-likeness (QED) is 0.870. The molecule has 1 aromatic heterocycles. The van der Waals surface area contributed by atoms with Crippen molar-refractivity contribution in [1.82, 2.24) is 10.2 Å². The minimum absolute atomic E-state index is 0.321. The summed E-state index contributed by atoms with van der Waals surface area (Å²) in [6.07, 6.45) is 4.24. The highest BCUT2D eigenvalue weighted by atomic mass is 16.3. The first kappa shape index (κ1) is 13.6. The van der Waals surface area contributed by atoms with Crippen molar-refractivity contribution >= 4 is 0 Å². The summed E-state index contributed by atoms with van der Waals surface area (Å²) in [5.41, 5.74) is 0. The Morgan fingerprint density at radius 3 is 2.61 bits per heavy atom. The van der Waals surface area contributed by atoms with Gasteiger partial charge in [-0.15, -0.1) is 0 Å². The van der Waals surface area contributed by atoms with Gasteiger partial charge in [0.1, 0.15) is 5.76 Å². The Balaban J connectivity index is 1.73. The van der Waals surface area contributed by atoms with Crippen LogP contribution >= 0.6 is 0 Å². The molecule has 0 aliphatic carbocycles. The van der Waals surface area contributed by atoms with Gasteiger partial charge >= 0.3 is 0 Å². The maximum Gasteiger partial charge on any atom is 0.120 e. The van der Waals surface area contributed by atoms with Crippen molar-refractivity contribution < 1.29 is 4.42 Å². The van der Waals surface area contributed by atoms with Gasteiger partial charge in [0.2, 0.25) is 0 Å². The van der Waals surface area contributed by atoms with Gasteiger partial charge in [-0.1, -0.05) is 13.8 Å². The molecule has 1 aliphatic rings. The van der Waals surface area contributed by atoms with Crippen LogP contribution in [-0.2, 0) is 0 Å². The van der Waals surface area contributed by atoms with Crippen LogP contribution in [0.5, 0.6) is 0 Å². The van der Waals surface area contributed by atoms with Crippen LogP contribution in [0.25, 0.3) is 0 Å². The van der Waals surface area contributed by atoms with E-state index in [1.54, 1.807) is 6.26 Å². The summed E-state index contributed by atoms with van der Waals surface area (Å²) in [6.45, 7) is 10.5. The molecule has 3 heteroatoms. The second-order valence-corrected chi connectivity index (χ2v) is 5.87. The third-order valence-corrected chi connectivity index (χ3v) is 3.67. The van der Waals surface area contributed by atoms with Crippen LogP contribution in [-0.4, -0.2) is 30.6 Å². The van der Waals surface area contributed by atoms with Crippen LogP contribution in [0.15, 0.2) is 22.8 Å². The number of piperidine rings is 1. The Bertz CT molecular complexity index is 326. The molecule has 1 saturated heterocycles. The third-order valence-electron chi connectivity index (χ3n) is 3.67. The Morgan fingerprint density at radius 2 is 2.06 bits per heavy atom. The molecule has 1 fully saturated rings. The average molecular weight is 250 g/mol. The molecule has 1 aromatic rings. The van der Waals surface area contributed by atoms with Gasteiger partial charge in [0.25, 0.3) is 0 Å². The zero-order valence-corrected chi connectivity index (χ0v) is 11.9. The van der Waals surface area contributed by atoms with E-state index in [9.17, 15) is 0 Å². The van der Waals surface area contributed by atoms with Crippen molar-refractivity contribution in [2.75, 3.05) is 19.6 Å². The summed E-state index contributed by atoms with van der Waals surface area (Å²) >= 11 is 0. The van der Waals surface area contributed by atoms with Gasteiger partial charge in [0, 0.05) is 12.6 Å². The van der Waals surface area contributed by atoms with Crippen LogP contribution in [0.1, 0.15) is 45.4 Å². The molecule has 0 aromatic carbocycles. The number of rotatable bonds is 5. The van der Waals surface area contributed by atoms with Crippen LogP contribution in [0.4, 0.5) is 0 Å². The lowest BCUT2D eigenvalue weighted by Gasteiger charge is -2.34. The zero-order chi connectivity index (χ0) is 13.0. The van der Waals surface area contributed by atoms with Crippen LogP contribution < -0.4 is 5.32 Å². The molecule has 1 atom stereocenters. The van der Waals surface area contributed by atoms with Gasteiger partial charge in [-0.2, -0.15) is 0 Å². The maximum atomic E-state index is 5.44. The first-order valence-electron chi connectivity index (χ1n) is 7.17. The van der Waals surface area contributed by atoms with E-state index in [0.29, 0.717) is 12.1 Å². The smallest absolute Gasteiger partial charge is 0.120 e. The highest BCUT2D eigenvalue weighted by Crippen LogP contribution is 2.18. The van der Waals surface area contributed by atoms with Gasteiger partial charge in [0.15, 0.2) is 0 Å². The molecule has 102 valence electrons. The minimum Gasteiger partial charge on any atom is -0.468 e. The SMILES string of the molecule is CC(C)CN1CCC(N[C@H](C)c2ccco2)CC1. The van der Waals surface area contributed by atoms with Crippen molar-refractivity contribution in [2.24, 2.45) is 5.92 Å². The van der Waals surface area contributed by atoms with E-state index >= 15 is 0 Å². The average Bonchev–Trinajstić information content (AvgIpc) is 2.84. The lowest BCUT2D eigenvalue weighted by atomic mass is 10.0. The molecule has 1 N–H and O–H groups in total. The molecule has 1 aliphatic heterocycles. The topological polar surface area (TPSA) is 28.4 Å². The minimum atomic E-state index is 0.321. The molecule has 2 rings (SSSR count). The summed E-state index contributed by atoms with van der Waals surface area (Å²) < 4.78 is 5.44. The number of likely N-dealkylation sites (tertiary alicyclic amines) is 1. The number of hydrogen-bond donors (Lipinski definition) is 1. The summed E-state index contributed by atoms with van der Waals surface area (Å²) in [5, 5.41) is 3.67. The van der Waals surface area contributed by atoms with Crippen LogP contribution in [0.3, 0.4) is 0 Å². The lowest BCUT2D eigenvalue weighted by molar-refractivity contribution is 0.173. The molecule has 18 heavy (non-hydrogen) atoms. The maximum absolute atomic E-state index is 5.44. The molecule has 2 heterocycles. The molecular weight excluding hydrogens is 224 g/mol. The highest BCUT2D eigenvalue weighted by Gasteiger charge is 2.21. The van der Waals surface area contributed by atoms with Crippen molar-refractivity contribution in [3.05, 3.63) is 24.2 Å². The van der Waals surface area contributed by atoms with Crippen molar-refractivity contribution in [1.29, 1.82) is 0 Å². The Morgan fingerprint density at radius 1 is 1.33 bits per heavy atom. The monoisotopic (exact) mass is 250 g/mol. The number of nitrogens with zero attached hydrogens (tertiary/aromatic N) is 1. The molecule has 3 nitrogen and oxygen atoms in total. The van der Waals surface area contributed by atoms with Gasteiger partial charge in [-0.3, -0.25) is 0 Å². The van der Waals surface area contributed by atoms with Crippen LogP contribution in [0, 0.1) is 5.92 Å². The van der Waals surface area contributed by atoms with E-state index < -0.39 is 0 Å². The second kappa shape index (κ2) is 6.39. The fourth-order valence-corrected chi connectivity index (χ4v) is 2.77. The molecule has 0 unspecified atom stereocenters. The van der Waals surface area contributed by atoms with E-state index in [0.717, 1.165) is 11.7 Å². The Kier molecular flexibility index (Phi) is 4.84. The van der Waals surface area contributed by atoms with Crippen molar-refractivity contribution in [3.63, 3.8) is 0 Å². The van der Waals surface area contributed by atoms with Crippen molar-refractivity contribution in [3.8, 4) is 0 Å². The number of nitrogens with one attached hydrogen (secondary N) is 1. The Labute approximate surface area is 111 Å². The fourth-order valence-electron chi connectivity index (χ4n) is 2.77. The number of hydrogen-bond acceptors (Lipinski definition) is 3. The van der Waals surface area contributed by atoms with E-state index in [1.807, 2.05) is 12.1 Å². The largest absolute Gasteiger partial charge is 0.468 e. The summed E-state index contributed by atoms with van der Waals surface area (Å²) in [5.74, 6) is 1.82. The van der Waals surface area contributed by atoms with Crippen LogP contribution in [0.2, 0.25) is 0 Å². The van der Waals surface area contributed by atoms with E-state index in [4.69, 9.17) is 4.42 Å². The third kappa shape index (κ3) is 3.85. The lowest BCUT2D eigenvalue weighted by Crippen LogP contribution is -2.44. The highest BCUT2D eigenvalue weighted by molar-refractivity contribution is 5.03.